The molecule has 2 heterocycles. The smallest absolute Gasteiger partial charge is 0.175 e. The minimum atomic E-state index is -3.18. The molecule has 2 aromatic heterocycles. The zero-order valence-electron chi connectivity index (χ0n) is 12.4. The normalized spacial score (nSPS) is 11.5. The zero-order valence-corrected chi connectivity index (χ0v) is 13.2. The SMILES string of the molecule is Cc1ccc(-c2ccc(S(C)(=O)=O)cc2)n1-c1ccccn1. The second kappa shape index (κ2) is 5.42. The van der Waals surface area contributed by atoms with Gasteiger partial charge in [-0.1, -0.05) is 18.2 Å². The molecule has 0 radical (unpaired) electrons. The molecule has 0 N–H and O–H groups in total. The van der Waals surface area contributed by atoms with E-state index in [0.29, 0.717) is 4.90 Å². The van der Waals surface area contributed by atoms with E-state index in [1.807, 2.05) is 49.4 Å². The Labute approximate surface area is 130 Å². The number of sulfone groups is 1. The van der Waals surface area contributed by atoms with Crippen LogP contribution < -0.4 is 0 Å². The molecule has 3 rings (SSSR count). The highest BCUT2D eigenvalue weighted by Gasteiger charge is 2.12. The van der Waals surface area contributed by atoms with Crippen LogP contribution in [-0.2, 0) is 9.84 Å². The van der Waals surface area contributed by atoms with E-state index >= 15 is 0 Å². The Morgan fingerprint density at radius 3 is 2.27 bits per heavy atom. The standard InChI is InChI=1S/C17H16N2O2S/c1-13-6-11-16(19(13)17-5-3-4-12-18-17)14-7-9-15(10-8-14)22(2,20)21/h3-12H,1-2H3. The molecular weight excluding hydrogens is 296 g/mol. The van der Waals surface area contributed by atoms with Gasteiger partial charge in [0.1, 0.15) is 5.82 Å². The summed E-state index contributed by atoms with van der Waals surface area (Å²) in [7, 11) is -3.18. The van der Waals surface area contributed by atoms with Gasteiger partial charge in [-0.15, -0.1) is 0 Å². The number of nitrogens with zero attached hydrogens (tertiary/aromatic N) is 2. The molecule has 0 saturated carbocycles. The molecule has 0 spiro atoms. The van der Waals surface area contributed by atoms with Crippen molar-refractivity contribution in [2.24, 2.45) is 0 Å². The number of rotatable bonds is 3. The first-order valence-electron chi connectivity index (χ1n) is 6.87. The molecule has 0 aliphatic rings. The van der Waals surface area contributed by atoms with Crippen LogP contribution in [0.2, 0.25) is 0 Å². The fourth-order valence-corrected chi connectivity index (χ4v) is 3.06. The summed E-state index contributed by atoms with van der Waals surface area (Å²) in [6.07, 6.45) is 2.97. The van der Waals surface area contributed by atoms with Crippen molar-refractivity contribution in [3.8, 4) is 17.1 Å². The second-order valence-corrected chi connectivity index (χ2v) is 7.20. The predicted molar refractivity (Wildman–Crippen MR) is 86.8 cm³/mol. The molecule has 0 bridgehead atoms. The number of hydrogen-bond donors (Lipinski definition) is 0. The lowest BCUT2D eigenvalue weighted by Gasteiger charge is -2.11. The maximum Gasteiger partial charge on any atom is 0.175 e. The van der Waals surface area contributed by atoms with E-state index in [1.165, 1.54) is 6.26 Å². The van der Waals surface area contributed by atoms with Crippen molar-refractivity contribution in [3.05, 3.63) is 66.5 Å². The van der Waals surface area contributed by atoms with E-state index in [9.17, 15) is 8.42 Å². The Morgan fingerprint density at radius 1 is 0.955 bits per heavy atom. The van der Waals surface area contributed by atoms with Crippen molar-refractivity contribution in [1.82, 2.24) is 9.55 Å². The van der Waals surface area contributed by atoms with Gasteiger partial charge >= 0.3 is 0 Å². The van der Waals surface area contributed by atoms with E-state index in [0.717, 1.165) is 22.8 Å². The largest absolute Gasteiger partial charge is 0.299 e. The zero-order chi connectivity index (χ0) is 15.7. The molecule has 22 heavy (non-hydrogen) atoms. The Hall–Kier alpha value is -2.40. The van der Waals surface area contributed by atoms with Gasteiger partial charge < -0.3 is 0 Å². The highest BCUT2D eigenvalue weighted by molar-refractivity contribution is 7.90. The lowest BCUT2D eigenvalue weighted by molar-refractivity contribution is 0.602. The Kier molecular flexibility index (Phi) is 3.58. The van der Waals surface area contributed by atoms with Crippen LogP contribution >= 0.6 is 0 Å². The molecular formula is C17H16N2O2S. The third-order valence-electron chi connectivity index (χ3n) is 3.53. The first-order chi connectivity index (χ1) is 10.5. The van der Waals surface area contributed by atoms with Crippen molar-refractivity contribution >= 4 is 9.84 Å². The summed E-state index contributed by atoms with van der Waals surface area (Å²) < 4.78 is 25.2. The molecule has 0 aliphatic heterocycles. The van der Waals surface area contributed by atoms with Crippen molar-refractivity contribution in [1.29, 1.82) is 0 Å². The van der Waals surface area contributed by atoms with Crippen LogP contribution in [0, 0.1) is 6.92 Å². The van der Waals surface area contributed by atoms with Gasteiger partial charge in [0, 0.05) is 18.1 Å². The van der Waals surface area contributed by atoms with Crippen LogP contribution in [0.1, 0.15) is 5.69 Å². The average molecular weight is 312 g/mol. The number of benzene rings is 1. The summed E-state index contributed by atoms with van der Waals surface area (Å²) in [5.74, 6) is 0.840. The van der Waals surface area contributed by atoms with Crippen LogP contribution in [-0.4, -0.2) is 24.2 Å². The van der Waals surface area contributed by atoms with E-state index in [-0.39, 0.29) is 0 Å². The van der Waals surface area contributed by atoms with E-state index in [4.69, 9.17) is 0 Å². The molecule has 5 heteroatoms. The molecule has 1 aromatic carbocycles. The Bertz CT molecular complexity index is 896. The molecule has 0 fully saturated rings. The van der Waals surface area contributed by atoms with Gasteiger partial charge in [-0.2, -0.15) is 0 Å². The first-order valence-corrected chi connectivity index (χ1v) is 8.76. The lowest BCUT2D eigenvalue weighted by Crippen LogP contribution is -2.01. The van der Waals surface area contributed by atoms with Gasteiger partial charge in [-0.05, 0) is 48.9 Å². The van der Waals surface area contributed by atoms with Gasteiger partial charge in [0.05, 0.1) is 10.6 Å². The number of aromatic nitrogens is 2. The minimum Gasteiger partial charge on any atom is -0.299 e. The Balaban J connectivity index is 2.11. The Morgan fingerprint density at radius 2 is 1.68 bits per heavy atom. The van der Waals surface area contributed by atoms with Crippen molar-refractivity contribution in [3.63, 3.8) is 0 Å². The summed E-state index contributed by atoms with van der Waals surface area (Å²) in [4.78, 5) is 4.72. The second-order valence-electron chi connectivity index (χ2n) is 5.18. The van der Waals surface area contributed by atoms with Gasteiger partial charge in [0.15, 0.2) is 9.84 Å². The third-order valence-corrected chi connectivity index (χ3v) is 4.66. The number of pyridine rings is 1. The molecule has 4 nitrogen and oxygen atoms in total. The van der Waals surface area contributed by atoms with Crippen LogP contribution in [0.15, 0.2) is 65.7 Å². The first kappa shape index (κ1) is 14.5. The quantitative estimate of drug-likeness (QED) is 0.746. The van der Waals surface area contributed by atoms with E-state index in [1.54, 1.807) is 18.3 Å². The summed E-state index contributed by atoms with van der Waals surface area (Å²) in [6, 6.07) is 16.7. The molecule has 0 unspecified atom stereocenters. The molecule has 0 aliphatic carbocycles. The van der Waals surface area contributed by atoms with Crippen LogP contribution in [0.5, 0.6) is 0 Å². The lowest BCUT2D eigenvalue weighted by atomic mass is 10.1. The maximum atomic E-state index is 11.6. The van der Waals surface area contributed by atoms with Gasteiger partial charge in [0.25, 0.3) is 0 Å². The summed E-state index contributed by atoms with van der Waals surface area (Å²) in [5, 5.41) is 0. The summed E-state index contributed by atoms with van der Waals surface area (Å²) >= 11 is 0. The molecule has 0 atom stereocenters. The number of aryl methyl sites for hydroxylation is 1. The fraction of sp³-hybridized carbons (Fsp3) is 0.118. The molecule has 112 valence electrons. The van der Waals surface area contributed by atoms with Crippen LogP contribution in [0.25, 0.3) is 17.1 Å². The minimum absolute atomic E-state index is 0.323. The molecule has 3 aromatic rings. The van der Waals surface area contributed by atoms with E-state index < -0.39 is 9.84 Å². The van der Waals surface area contributed by atoms with Crippen LogP contribution in [0.3, 0.4) is 0 Å². The summed E-state index contributed by atoms with van der Waals surface area (Å²) in [5.41, 5.74) is 3.00. The van der Waals surface area contributed by atoms with Gasteiger partial charge in [0.2, 0.25) is 0 Å². The van der Waals surface area contributed by atoms with E-state index in [2.05, 4.69) is 9.55 Å². The molecule has 0 amide bonds. The third kappa shape index (κ3) is 2.67. The highest BCUT2D eigenvalue weighted by atomic mass is 32.2. The average Bonchev–Trinajstić information content (AvgIpc) is 2.89. The monoisotopic (exact) mass is 312 g/mol. The molecule has 0 saturated heterocycles. The number of hydrogen-bond acceptors (Lipinski definition) is 3. The van der Waals surface area contributed by atoms with Crippen molar-refractivity contribution in [2.75, 3.05) is 6.26 Å². The van der Waals surface area contributed by atoms with Gasteiger partial charge in [-0.3, -0.25) is 4.57 Å². The van der Waals surface area contributed by atoms with Crippen molar-refractivity contribution in [2.45, 2.75) is 11.8 Å². The maximum absolute atomic E-state index is 11.6. The van der Waals surface area contributed by atoms with Crippen LogP contribution in [0.4, 0.5) is 0 Å². The van der Waals surface area contributed by atoms with Crippen molar-refractivity contribution < 1.29 is 8.42 Å². The fourth-order valence-electron chi connectivity index (χ4n) is 2.43. The topological polar surface area (TPSA) is 52.0 Å². The van der Waals surface area contributed by atoms with Gasteiger partial charge in [-0.25, -0.2) is 13.4 Å². The predicted octanol–water partition coefficient (Wildman–Crippen LogP) is 3.25. The summed E-state index contributed by atoms with van der Waals surface area (Å²) in [6.45, 7) is 2.02. The highest BCUT2D eigenvalue weighted by Crippen LogP contribution is 2.26.